The second-order valence-electron chi connectivity index (χ2n) is 6.78. The van der Waals surface area contributed by atoms with Crippen molar-refractivity contribution in [1.82, 2.24) is 5.32 Å². The topological polar surface area (TPSA) is 78.4 Å². The molecule has 0 radical (unpaired) electrons. The van der Waals surface area contributed by atoms with E-state index in [2.05, 4.69) is 10.6 Å². The van der Waals surface area contributed by atoms with Gasteiger partial charge in [-0.15, -0.1) is 0 Å². The smallest absolute Gasteiger partial charge is 0.306 e. The highest BCUT2D eigenvalue weighted by molar-refractivity contribution is 5.95. The monoisotopic (exact) mass is 352 g/mol. The van der Waals surface area contributed by atoms with Crippen molar-refractivity contribution >= 4 is 17.6 Å². The molecule has 0 heterocycles. The number of rotatable bonds is 6. The van der Waals surface area contributed by atoms with Gasteiger partial charge in [-0.2, -0.15) is 0 Å². The number of amides is 1. The standard InChI is InChI=1S/C21H24N2O3/c24-20(22-14-15-5-2-1-3-6-15)17-7-4-8-19(13-17)23-18-11-9-16(10-12-18)21(25)26/h1-8,13,16,18,23H,9-12,14H2,(H,22,24)(H,25,26). The molecule has 1 amide bonds. The molecule has 0 atom stereocenters. The van der Waals surface area contributed by atoms with Crippen molar-refractivity contribution in [3.05, 3.63) is 65.7 Å². The van der Waals surface area contributed by atoms with Crippen LogP contribution in [-0.4, -0.2) is 23.0 Å². The van der Waals surface area contributed by atoms with Gasteiger partial charge in [-0.05, 0) is 49.4 Å². The maximum atomic E-state index is 12.4. The second kappa shape index (κ2) is 8.52. The van der Waals surface area contributed by atoms with Gasteiger partial charge in [0.25, 0.3) is 5.91 Å². The summed E-state index contributed by atoms with van der Waals surface area (Å²) in [6.45, 7) is 0.497. The zero-order valence-corrected chi connectivity index (χ0v) is 14.7. The van der Waals surface area contributed by atoms with Crippen molar-refractivity contribution in [2.24, 2.45) is 5.92 Å². The lowest BCUT2D eigenvalue weighted by molar-refractivity contribution is -0.142. The van der Waals surface area contributed by atoms with Crippen molar-refractivity contribution in [2.75, 3.05) is 5.32 Å². The molecule has 0 bridgehead atoms. The van der Waals surface area contributed by atoms with Crippen LogP contribution in [0.5, 0.6) is 0 Å². The molecule has 2 aromatic rings. The summed E-state index contributed by atoms with van der Waals surface area (Å²) in [5.74, 6) is -1.02. The van der Waals surface area contributed by atoms with E-state index < -0.39 is 5.97 Å². The maximum Gasteiger partial charge on any atom is 0.306 e. The van der Waals surface area contributed by atoms with Gasteiger partial charge in [0.1, 0.15) is 0 Å². The van der Waals surface area contributed by atoms with E-state index in [1.807, 2.05) is 48.5 Å². The van der Waals surface area contributed by atoms with Gasteiger partial charge >= 0.3 is 5.97 Å². The van der Waals surface area contributed by atoms with Crippen molar-refractivity contribution in [2.45, 2.75) is 38.3 Å². The average molecular weight is 352 g/mol. The van der Waals surface area contributed by atoms with Crippen LogP contribution in [0.2, 0.25) is 0 Å². The van der Waals surface area contributed by atoms with Crippen molar-refractivity contribution in [1.29, 1.82) is 0 Å². The van der Waals surface area contributed by atoms with Crippen LogP contribution < -0.4 is 10.6 Å². The van der Waals surface area contributed by atoms with Gasteiger partial charge in [-0.25, -0.2) is 0 Å². The summed E-state index contributed by atoms with van der Waals surface area (Å²) in [6, 6.07) is 17.5. The zero-order chi connectivity index (χ0) is 18.4. The third-order valence-corrected chi connectivity index (χ3v) is 4.87. The molecular weight excluding hydrogens is 328 g/mol. The number of carboxylic acids is 1. The van der Waals surface area contributed by atoms with Gasteiger partial charge < -0.3 is 15.7 Å². The molecule has 0 aromatic heterocycles. The van der Waals surface area contributed by atoms with Gasteiger partial charge in [0.2, 0.25) is 0 Å². The average Bonchev–Trinajstić information content (AvgIpc) is 2.67. The molecule has 3 rings (SSSR count). The Kier molecular flexibility index (Phi) is 5.89. The normalized spacial score (nSPS) is 19.5. The number of carbonyl (C=O) groups excluding carboxylic acids is 1. The molecular formula is C21H24N2O3. The van der Waals surface area contributed by atoms with Gasteiger partial charge in [0.15, 0.2) is 0 Å². The van der Waals surface area contributed by atoms with Crippen LogP contribution in [-0.2, 0) is 11.3 Å². The number of aliphatic carboxylic acids is 1. The first-order valence-electron chi connectivity index (χ1n) is 9.03. The van der Waals surface area contributed by atoms with Crippen molar-refractivity contribution in [3.63, 3.8) is 0 Å². The van der Waals surface area contributed by atoms with E-state index in [1.54, 1.807) is 6.07 Å². The van der Waals surface area contributed by atoms with Crippen LogP contribution in [0.25, 0.3) is 0 Å². The number of anilines is 1. The van der Waals surface area contributed by atoms with Gasteiger partial charge in [0, 0.05) is 23.8 Å². The summed E-state index contributed by atoms with van der Waals surface area (Å²) in [6.07, 6.45) is 3.07. The number of hydrogen-bond acceptors (Lipinski definition) is 3. The fraction of sp³-hybridized carbons (Fsp3) is 0.333. The van der Waals surface area contributed by atoms with Crippen LogP contribution in [0.3, 0.4) is 0 Å². The molecule has 3 N–H and O–H groups in total. The lowest BCUT2D eigenvalue weighted by Crippen LogP contribution is -2.29. The number of benzene rings is 2. The minimum absolute atomic E-state index is 0.105. The Labute approximate surface area is 153 Å². The first-order chi connectivity index (χ1) is 12.6. The molecule has 26 heavy (non-hydrogen) atoms. The number of nitrogens with one attached hydrogen (secondary N) is 2. The predicted molar refractivity (Wildman–Crippen MR) is 101 cm³/mol. The van der Waals surface area contributed by atoms with Crippen molar-refractivity contribution in [3.8, 4) is 0 Å². The van der Waals surface area contributed by atoms with Gasteiger partial charge in [-0.3, -0.25) is 9.59 Å². The molecule has 1 aliphatic carbocycles. The maximum absolute atomic E-state index is 12.4. The first kappa shape index (κ1) is 18.0. The molecule has 5 heteroatoms. The molecule has 1 aliphatic rings. The van der Waals surface area contributed by atoms with E-state index in [-0.39, 0.29) is 17.9 Å². The molecule has 2 aromatic carbocycles. The molecule has 1 fully saturated rings. The van der Waals surface area contributed by atoms with Crippen LogP contribution >= 0.6 is 0 Å². The molecule has 136 valence electrons. The van der Waals surface area contributed by atoms with Crippen LogP contribution in [0.15, 0.2) is 54.6 Å². The van der Waals surface area contributed by atoms with E-state index >= 15 is 0 Å². The summed E-state index contributed by atoms with van der Waals surface area (Å²) < 4.78 is 0. The van der Waals surface area contributed by atoms with E-state index in [0.29, 0.717) is 24.9 Å². The van der Waals surface area contributed by atoms with Gasteiger partial charge in [0.05, 0.1) is 5.92 Å². The van der Waals surface area contributed by atoms with Crippen LogP contribution in [0.1, 0.15) is 41.6 Å². The zero-order valence-electron chi connectivity index (χ0n) is 14.7. The first-order valence-corrected chi connectivity index (χ1v) is 9.03. The lowest BCUT2D eigenvalue weighted by Gasteiger charge is -2.27. The summed E-state index contributed by atoms with van der Waals surface area (Å²) in [4.78, 5) is 23.4. The molecule has 0 aliphatic heterocycles. The molecule has 1 saturated carbocycles. The number of hydrogen-bond donors (Lipinski definition) is 3. The largest absolute Gasteiger partial charge is 0.481 e. The highest BCUT2D eigenvalue weighted by atomic mass is 16.4. The summed E-state index contributed by atoms with van der Waals surface area (Å²) in [5, 5.41) is 15.4. The Balaban J connectivity index is 1.54. The Morgan fingerprint density at radius 3 is 2.38 bits per heavy atom. The SMILES string of the molecule is O=C(NCc1ccccc1)c1cccc(NC2CCC(C(=O)O)CC2)c1. The summed E-state index contributed by atoms with van der Waals surface area (Å²) in [7, 11) is 0. The highest BCUT2D eigenvalue weighted by Crippen LogP contribution is 2.27. The quantitative estimate of drug-likeness (QED) is 0.741. The van der Waals surface area contributed by atoms with E-state index in [9.17, 15) is 9.59 Å². The van der Waals surface area contributed by atoms with Gasteiger partial charge in [-0.1, -0.05) is 36.4 Å². The summed E-state index contributed by atoms with van der Waals surface area (Å²) in [5.41, 5.74) is 2.58. The molecule has 0 unspecified atom stereocenters. The minimum Gasteiger partial charge on any atom is -0.481 e. The highest BCUT2D eigenvalue weighted by Gasteiger charge is 2.25. The second-order valence-corrected chi connectivity index (χ2v) is 6.78. The van der Waals surface area contributed by atoms with E-state index in [1.165, 1.54) is 0 Å². The van der Waals surface area contributed by atoms with Crippen molar-refractivity contribution < 1.29 is 14.7 Å². The third kappa shape index (κ3) is 4.85. The van der Waals surface area contributed by atoms with Crippen LogP contribution in [0.4, 0.5) is 5.69 Å². The van der Waals surface area contributed by atoms with E-state index in [4.69, 9.17) is 5.11 Å². The Morgan fingerprint density at radius 2 is 1.69 bits per heavy atom. The van der Waals surface area contributed by atoms with E-state index in [0.717, 1.165) is 24.1 Å². The molecule has 5 nitrogen and oxygen atoms in total. The number of carboxylic acid groups (broad SMARTS) is 1. The lowest BCUT2D eigenvalue weighted by atomic mass is 9.86. The Hall–Kier alpha value is -2.82. The Bertz CT molecular complexity index is 753. The predicted octanol–water partition coefficient (Wildman–Crippen LogP) is 3.67. The number of carbonyl (C=O) groups is 2. The fourth-order valence-electron chi connectivity index (χ4n) is 3.35. The third-order valence-electron chi connectivity index (χ3n) is 4.87. The Morgan fingerprint density at radius 1 is 0.962 bits per heavy atom. The molecule has 0 spiro atoms. The minimum atomic E-state index is -0.694. The fourth-order valence-corrected chi connectivity index (χ4v) is 3.35. The van der Waals surface area contributed by atoms with Crippen LogP contribution in [0, 0.1) is 5.92 Å². The molecule has 0 saturated heterocycles. The summed E-state index contributed by atoms with van der Waals surface area (Å²) >= 11 is 0.